The molecule has 0 spiro atoms. The van der Waals surface area contributed by atoms with Gasteiger partial charge in [0, 0.05) is 20.6 Å². The molecule has 0 bridgehead atoms. The lowest BCUT2D eigenvalue weighted by atomic mass is 9.80. The number of sulfonamides is 1. The van der Waals surface area contributed by atoms with Gasteiger partial charge in [-0.25, -0.2) is 12.7 Å². The minimum atomic E-state index is -3.47. The Kier molecular flexibility index (Phi) is 3.85. The summed E-state index contributed by atoms with van der Waals surface area (Å²) in [6, 6.07) is 6.77. The van der Waals surface area contributed by atoms with Gasteiger partial charge >= 0.3 is 0 Å². The molecule has 1 fully saturated rings. The maximum absolute atomic E-state index is 12.2. The Bertz CT molecular complexity index is 551. The Labute approximate surface area is 114 Å². The van der Waals surface area contributed by atoms with Crippen LogP contribution in [0, 0.1) is 0 Å². The lowest BCUT2D eigenvalue weighted by molar-refractivity contribution is -0.0202. The Balaban J connectivity index is 2.22. The van der Waals surface area contributed by atoms with Crippen LogP contribution in [0.2, 0.25) is 0 Å². The first kappa shape index (κ1) is 14.3. The van der Waals surface area contributed by atoms with Crippen LogP contribution in [0.15, 0.2) is 29.2 Å². The van der Waals surface area contributed by atoms with Crippen LogP contribution in [0.1, 0.15) is 19.3 Å². The van der Waals surface area contributed by atoms with E-state index in [1.54, 1.807) is 24.3 Å². The van der Waals surface area contributed by atoms with E-state index < -0.39 is 15.6 Å². The molecule has 0 amide bonds. The van der Waals surface area contributed by atoms with E-state index in [2.05, 4.69) is 5.32 Å². The van der Waals surface area contributed by atoms with Gasteiger partial charge in [0.2, 0.25) is 10.0 Å². The zero-order valence-electron chi connectivity index (χ0n) is 11.3. The number of nitrogens with one attached hydrogen (secondary N) is 1. The zero-order valence-corrected chi connectivity index (χ0v) is 12.1. The normalized spacial score (nSPS) is 18.1. The van der Waals surface area contributed by atoms with Gasteiger partial charge in [-0.15, -0.1) is 0 Å². The predicted octanol–water partition coefficient (Wildman–Crippen LogP) is 1.26. The van der Waals surface area contributed by atoms with Gasteiger partial charge in [0.05, 0.1) is 11.3 Å². The van der Waals surface area contributed by atoms with Gasteiger partial charge in [-0.3, -0.25) is 0 Å². The fourth-order valence-electron chi connectivity index (χ4n) is 2.06. The second-order valence-corrected chi connectivity index (χ2v) is 7.34. The molecule has 2 rings (SSSR count). The van der Waals surface area contributed by atoms with Crippen molar-refractivity contribution in [2.75, 3.05) is 26.0 Å². The van der Waals surface area contributed by atoms with Crippen molar-refractivity contribution in [2.45, 2.75) is 29.8 Å². The van der Waals surface area contributed by atoms with E-state index in [-0.39, 0.29) is 4.90 Å². The molecule has 1 aliphatic carbocycles. The van der Waals surface area contributed by atoms with Crippen LogP contribution in [0.4, 0.5) is 5.69 Å². The molecule has 0 heterocycles. The standard InChI is InChI=1S/C13H20N2O3S/c1-15(2)19(17,18)12-7-4-3-6-11(12)14-10-13(16)8-5-9-13/h3-4,6-7,14,16H,5,8-10H2,1-2H3. The van der Waals surface area contributed by atoms with Crippen molar-refractivity contribution in [3.8, 4) is 0 Å². The molecule has 0 atom stereocenters. The number of rotatable bonds is 5. The van der Waals surface area contributed by atoms with Crippen LogP contribution in [0.25, 0.3) is 0 Å². The summed E-state index contributed by atoms with van der Waals surface area (Å²) in [5.41, 5.74) is -0.147. The van der Waals surface area contributed by atoms with Gasteiger partial charge in [-0.1, -0.05) is 12.1 Å². The van der Waals surface area contributed by atoms with Crippen LogP contribution >= 0.6 is 0 Å². The molecule has 1 saturated carbocycles. The molecule has 106 valence electrons. The van der Waals surface area contributed by atoms with E-state index in [1.165, 1.54) is 18.4 Å². The van der Waals surface area contributed by atoms with E-state index in [4.69, 9.17) is 0 Å². The van der Waals surface area contributed by atoms with Gasteiger partial charge in [-0.05, 0) is 31.4 Å². The molecule has 1 aromatic rings. The van der Waals surface area contributed by atoms with E-state index >= 15 is 0 Å². The molecule has 6 heteroatoms. The second kappa shape index (κ2) is 5.11. The van der Waals surface area contributed by atoms with Crippen LogP contribution in [0.3, 0.4) is 0 Å². The van der Waals surface area contributed by atoms with Crippen molar-refractivity contribution in [1.82, 2.24) is 4.31 Å². The molecule has 5 nitrogen and oxygen atoms in total. The summed E-state index contributed by atoms with van der Waals surface area (Å²) in [5, 5.41) is 13.1. The third kappa shape index (κ3) is 2.91. The van der Waals surface area contributed by atoms with Gasteiger partial charge in [-0.2, -0.15) is 0 Å². The highest BCUT2D eigenvalue weighted by molar-refractivity contribution is 7.89. The van der Waals surface area contributed by atoms with Crippen LogP contribution in [-0.4, -0.2) is 44.1 Å². The molecule has 2 N–H and O–H groups in total. The smallest absolute Gasteiger partial charge is 0.244 e. The third-order valence-electron chi connectivity index (χ3n) is 3.54. The van der Waals surface area contributed by atoms with Crippen LogP contribution < -0.4 is 5.32 Å². The topological polar surface area (TPSA) is 69.6 Å². The minimum absolute atomic E-state index is 0.239. The van der Waals surface area contributed by atoms with Crippen molar-refractivity contribution < 1.29 is 13.5 Å². The Morgan fingerprint density at radius 3 is 2.47 bits per heavy atom. The SMILES string of the molecule is CN(C)S(=O)(=O)c1ccccc1NCC1(O)CCC1. The highest BCUT2D eigenvalue weighted by Gasteiger charge is 2.34. The first-order valence-corrected chi connectivity index (χ1v) is 7.77. The highest BCUT2D eigenvalue weighted by atomic mass is 32.2. The number of hydrogen-bond acceptors (Lipinski definition) is 4. The molecule has 0 unspecified atom stereocenters. The Morgan fingerprint density at radius 2 is 1.95 bits per heavy atom. The fraction of sp³-hybridized carbons (Fsp3) is 0.538. The number of nitrogens with zero attached hydrogens (tertiary/aromatic N) is 1. The summed E-state index contributed by atoms with van der Waals surface area (Å²) in [7, 11) is -0.464. The number of anilines is 1. The number of para-hydroxylation sites is 1. The summed E-state index contributed by atoms with van der Waals surface area (Å²) in [6.07, 6.45) is 2.56. The molecule has 0 saturated heterocycles. The molecule has 1 aliphatic rings. The largest absolute Gasteiger partial charge is 0.388 e. The average Bonchev–Trinajstić information content (AvgIpc) is 2.34. The van der Waals surface area contributed by atoms with Crippen molar-refractivity contribution in [2.24, 2.45) is 0 Å². The second-order valence-electron chi connectivity index (χ2n) is 5.22. The van der Waals surface area contributed by atoms with Gasteiger partial charge in [0.15, 0.2) is 0 Å². The van der Waals surface area contributed by atoms with Crippen molar-refractivity contribution in [3.63, 3.8) is 0 Å². The zero-order chi connectivity index (χ0) is 14.1. The van der Waals surface area contributed by atoms with E-state index in [9.17, 15) is 13.5 Å². The Hall–Kier alpha value is -1.11. The minimum Gasteiger partial charge on any atom is -0.388 e. The van der Waals surface area contributed by atoms with Crippen molar-refractivity contribution in [3.05, 3.63) is 24.3 Å². The molecular formula is C13H20N2O3S. The lowest BCUT2D eigenvalue weighted by Crippen LogP contribution is -2.43. The summed E-state index contributed by atoms with van der Waals surface area (Å²) in [5.74, 6) is 0. The summed E-state index contributed by atoms with van der Waals surface area (Å²) in [4.78, 5) is 0.239. The van der Waals surface area contributed by atoms with Crippen LogP contribution in [-0.2, 0) is 10.0 Å². The van der Waals surface area contributed by atoms with Gasteiger partial charge in [0.25, 0.3) is 0 Å². The first-order chi connectivity index (χ1) is 8.85. The van der Waals surface area contributed by atoms with Crippen molar-refractivity contribution in [1.29, 1.82) is 0 Å². The maximum atomic E-state index is 12.2. The molecule has 1 aromatic carbocycles. The maximum Gasteiger partial charge on any atom is 0.244 e. The van der Waals surface area contributed by atoms with Gasteiger partial charge in [0.1, 0.15) is 4.90 Å². The summed E-state index contributed by atoms with van der Waals surface area (Å²) < 4.78 is 25.6. The molecule has 0 aromatic heterocycles. The predicted molar refractivity (Wildman–Crippen MR) is 74.6 cm³/mol. The highest BCUT2D eigenvalue weighted by Crippen LogP contribution is 2.32. The number of hydrogen-bond donors (Lipinski definition) is 2. The molecule has 0 aliphatic heterocycles. The quantitative estimate of drug-likeness (QED) is 0.854. The summed E-state index contributed by atoms with van der Waals surface area (Å²) >= 11 is 0. The fourth-order valence-corrected chi connectivity index (χ4v) is 3.12. The first-order valence-electron chi connectivity index (χ1n) is 6.33. The van der Waals surface area contributed by atoms with E-state index in [0.717, 1.165) is 19.3 Å². The van der Waals surface area contributed by atoms with Crippen LogP contribution in [0.5, 0.6) is 0 Å². The molecular weight excluding hydrogens is 264 g/mol. The summed E-state index contributed by atoms with van der Waals surface area (Å²) in [6.45, 7) is 0.382. The molecule has 19 heavy (non-hydrogen) atoms. The van der Waals surface area contributed by atoms with Crippen molar-refractivity contribution >= 4 is 15.7 Å². The molecule has 0 radical (unpaired) electrons. The van der Waals surface area contributed by atoms with Gasteiger partial charge < -0.3 is 10.4 Å². The average molecular weight is 284 g/mol. The van der Waals surface area contributed by atoms with E-state index in [1.807, 2.05) is 0 Å². The monoisotopic (exact) mass is 284 g/mol. The number of aliphatic hydroxyl groups is 1. The Morgan fingerprint density at radius 1 is 1.32 bits per heavy atom. The van der Waals surface area contributed by atoms with E-state index in [0.29, 0.717) is 12.2 Å². The number of benzene rings is 1. The lowest BCUT2D eigenvalue weighted by Gasteiger charge is -2.37. The third-order valence-corrected chi connectivity index (χ3v) is 5.41.